The molecule has 0 saturated heterocycles. The number of fused-ring (bicyclic) bond motifs is 1. The van der Waals surface area contributed by atoms with Crippen LogP contribution in [0.25, 0.3) is 10.9 Å². The van der Waals surface area contributed by atoms with E-state index in [1.165, 1.54) is 4.68 Å². The van der Waals surface area contributed by atoms with E-state index in [1.54, 1.807) is 31.5 Å². The van der Waals surface area contributed by atoms with Crippen LogP contribution in [0.1, 0.15) is 43.1 Å². The lowest BCUT2D eigenvalue weighted by Crippen LogP contribution is -2.23. The van der Waals surface area contributed by atoms with Gasteiger partial charge >= 0.3 is 0 Å². The van der Waals surface area contributed by atoms with Crippen molar-refractivity contribution in [2.75, 3.05) is 7.11 Å². The van der Waals surface area contributed by atoms with Crippen LogP contribution in [0.4, 0.5) is 0 Å². The van der Waals surface area contributed by atoms with Gasteiger partial charge in [-0.15, -0.1) is 0 Å². The molecule has 0 fully saturated rings. The predicted octanol–water partition coefficient (Wildman–Crippen LogP) is 8.32. The third-order valence-electron chi connectivity index (χ3n) is 5.85. The molecule has 0 amide bonds. The summed E-state index contributed by atoms with van der Waals surface area (Å²) in [5.74, 6) is 1.50. The van der Waals surface area contributed by atoms with Crippen LogP contribution in [0.15, 0.2) is 71.8 Å². The molecule has 192 valence electrons. The van der Waals surface area contributed by atoms with Crippen LogP contribution in [0.3, 0.4) is 0 Å². The minimum absolute atomic E-state index is 0.0114. The van der Waals surface area contributed by atoms with Crippen LogP contribution >= 0.6 is 59.4 Å². The molecule has 0 aliphatic rings. The monoisotopic (exact) mass is 709 g/mol. The summed E-state index contributed by atoms with van der Waals surface area (Å²) in [5, 5.41) is 5.50. The fourth-order valence-electron chi connectivity index (χ4n) is 3.68. The molecule has 6 nitrogen and oxygen atoms in total. The number of aromatic nitrogens is 2. The van der Waals surface area contributed by atoms with Gasteiger partial charge in [0.25, 0.3) is 5.56 Å². The molecule has 10 heteroatoms. The van der Waals surface area contributed by atoms with Gasteiger partial charge in [-0.1, -0.05) is 79.3 Å². The van der Waals surface area contributed by atoms with Crippen LogP contribution in [0, 0.1) is 0 Å². The molecule has 0 unspecified atom stereocenters. The van der Waals surface area contributed by atoms with E-state index in [-0.39, 0.29) is 18.1 Å². The van der Waals surface area contributed by atoms with Crippen LogP contribution in [-0.4, -0.2) is 23.0 Å². The Bertz CT molecular complexity index is 1560. The van der Waals surface area contributed by atoms with Crippen LogP contribution in [0.2, 0.25) is 5.02 Å². The fourth-order valence-corrected chi connectivity index (χ4v) is 5.42. The molecule has 0 saturated carbocycles. The smallest absolute Gasteiger partial charge is 0.282 e. The maximum absolute atomic E-state index is 13.5. The molecular formula is C27H23Br3ClN3O3. The van der Waals surface area contributed by atoms with Crippen molar-refractivity contribution in [3.63, 3.8) is 0 Å². The molecule has 37 heavy (non-hydrogen) atoms. The topological polar surface area (TPSA) is 65.7 Å². The normalized spacial score (nSPS) is 12.3. The summed E-state index contributed by atoms with van der Waals surface area (Å²) in [5.41, 5.74) is 1.88. The minimum Gasteiger partial charge on any atom is -0.493 e. The lowest BCUT2D eigenvalue weighted by Gasteiger charge is -2.16. The average molecular weight is 713 g/mol. The Morgan fingerprint density at radius 2 is 1.84 bits per heavy atom. The van der Waals surface area contributed by atoms with Gasteiger partial charge in [0, 0.05) is 41.6 Å². The van der Waals surface area contributed by atoms with Gasteiger partial charge in [-0.2, -0.15) is 9.78 Å². The average Bonchev–Trinajstić information content (AvgIpc) is 2.87. The quantitative estimate of drug-likeness (QED) is 0.173. The molecular weight excluding hydrogens is 689 g/mol. The van der Waals surface area contributed by atoms with E-state index in [0.29, 0.717) is 38.8 Å². The zero-order valence-corrected chi connectivity index (χ0v) is 25.8. The third-order valence-corrected chi connectivity index (χ3v) is 7.80. The van der Waals surface area contributed by atoms with E-state index in [0.717, 1.165) is 25.4 Å². The largest absolute Gasteiger partial charge is 0.493 e. The van der Waals surface area contributed by atoms with Crippen LogP contribution < -0.4 is 15.0 Å². The van der Waals surface area contributed by atoms with Gasteiger partial charge in [0.1, 0.15) is 12.4 Å². The van der Waals surface area contributed by atoms with Crippen molar-refractivity contribution in [2.45, 2.75) is 32.8 Å². The molecule has 1 aromatic heterocycles. The molecule has 1 atom stereocenters. The number of methoxy groups -OCH3 is 1. The zero-order chi connectivity index (χ0) is 26.7. The number of rotatable bonds is 8. The summed E-state index contributed by atoms with van der Waals surface area (Å²) >= 11 is 16.9. The first-order valence-corrected chi connectivity index (χ1v) is 14.2. The van der Waals surface area contributed by atoms with E-state index in [4.69, 9.17) is 26.1 Å². The molecule has 0 bridgehead atoms. The highest BCUT2D eigenvalue weighted by molar-refractivity contribution is 9.11. The Labute approximate surface area is 245 Å². The molecule has 0 aliphatic heterocycles. The van der Waals surface area contributed by atoms with Crippen molar-refractivity contribution in [3.05, 3.63) is 94.3 Å². The Morgan fingerprint density at radius 3 is 2.54 bits per heavy atom. The zero-order valence-electron chi connectivity index (χ0n) is 20.3. The minimum atomic E-state index is -0.256. The van der Waals surface area contributed by atoms with Crippen molar-refractivity contribution in [1.82, 2.24) is 9.66 Å². The number of halogens is 4. The summed E-state index contributed by atoms with van der Waals surface area (Å²) < 4.78 is 15.8. The number of hydrogen-bond donors (Lipinski definition) is 0. The summed E-state index contributed by atoms with van der Waals surface area (Å²) in [6, 6.07) is 14.7. The molecule has 4 rings (SSSR count). The second-order valence-electron chi connectivity index (χ2n) is 8.35. The van der Waals surface area contributed by atoms with E-state index < -0.39 is 0 Å². The molecule has 0 N–H and O–H groups in total. The molecule has 4 aromatic rings. The van der Waals surface area contributed by atoms with Crippen LogP contribution in [0.5, 0.6) is 11.5 Å². The number of hydrogen-bond acceptors (Lipinski definition) is 5. The molecule has 1 heterocycles. The van der Waals surface area contributed by atoms with Crippen molar-refractivity contribution < 1.29 is 9.47 Å². The first-order chi connectivity index (χ1) is 17.7. The standard InChI is InChI=1S/C27H23Br3ClN3O3/c1-4-15(2)26-33-23-8-7-18(28)10-21(23)27(35)34(26)32-13-17-9-20(31)12-24(36-3)25(17)37-14-16-5-6-19(29)11-22(16)30/h5-13,15H,4,14H2,1-3H3/t15-/m1/s1. The van der Waals surface area contributed by atoms with Crippen LogP contribution in [-0.2, 0) is 6.61 Å². The Balaban J connectivity index is 1.80. The maximum atomic E-state index is 13.5. The second kappa shape index (κ2) is 12.1. The van der Waals surface area contributed by atoms with E-state index >= 15 is 0 Å². The highest BCUT2D eigenvalue weighted by Crippen LogP contribution is 2.35. The highest BCUT2D eigenvalue weighted by atomic mass is 79.9. The third kappa shape index (κ3) is 6.28. The number of benzene rings is 3. The van der Waals surface area contributed by atoms with Gasteiger partial charge in [-0.3, -0.25) is 4.79 Å². The molecule has 0 aliphatic carbocycles. The van der Waals surface area contributed by atoms with Crippen molar-refractivity contribution >= 4 is 76.5 Å². The van der Waals surface area contributed by atoms with Gasteiger partial charge in [-0.05, 0) is 42.8 Å². The van der Waals surface area contributed by atoms with Crippen molar-refractivity contribution in [1.29, 1.82) is 0 Å². The highest BCUT2D eigenvalue weighted by Gasteiger charge is 2.17. The maximum Gasteiger partial charge on any atom is 0.282 e. The summed E-state index contributed by atoms with van der Waals surface area (Å²) in [6.07, 6.45) is 2.35. The van der Waals surface area contributed by atoms with Gasteiger partial charge in [0.15, 0.2) is 11.5 Å². The van der Waals surface area contributed by atoms with Gasteiger partial charge in [0.2, 0.25) is 0 Å². The predicted molar refractivity (Wildman–Crippen MR) is 160 cm³/mol. The van der Waals surface area contributed by atoms with E-state index in [2.05, 4.69) is 52.9 Å². The summed E-state index contributed by atoms with van der Waals surface area (Å²) in [4.78, 5) is 18.3. The molecule has 3 aromatic carbocycles. The van der Waals surface area contributed by atoms with Crippen molar-refractivity contribution in [2.24, 2.45) is 5.10 Å². The number of ether oxygens (including phenoxy) is 2. The lowest BCUT2D eigenvalue weighted by atomic mass is 10.1. The van der Waals surface area contributed by atoms with Gasteiger partial charge < -0.3 is 9.47 Å². The van der Waals surface area contributed by atoms with Gasteiger partial charge in [0.05, 0.1) is 24.2 Å². The Kier molecular flexibility index (Phi) is 9.11. The first-order valence-electron chi connectivity index (χ1n) is 11.4. The molecule has 0 spiro atoms. The van der Waals surface area contributed by atoms with Gasteiger partial charge in [-0.25, -0.2) is 4.98 Å². The fraction of sp³-hybridized carbons (Fsp3) is 0.222. The Morgan fingerprint density at radius 1 is 1.11 bits per heavy atom. The van der Waals surface area contributed by atoms with E-state index in [9.17, 15) is 4.79 Å². The van der Waals surface area contributed by atoms with Crippen molar-refractivity contribution in [3.8, 4) is 11.5 Å². The first kappa shape index (κ1) is 27.8. The number of nitrogens with zero attached hydrogens (tertiary/aromatic N) is 3. The summed E-state index contributed by atoms with van der Waals surface area (Å²) in [7, 11) is 1.55. The SMILES string of the molecule is CC[C@@H](C)c1nc2ccc(Br)cc2c(=O)n1N=Cc1cc(Cl)cc(OC)c1OCc1ccc(Br)cc1Br. The Hall–Kier alpha value is -2.20. The second-order valence-corrected chi connectivity index (χ2v) is 11.5. The van der Waals surface area contributed by atoms with E-state index in [1.807, 2.05) is 44.2 Å². The lowest BCUT2D eigenvalue weighted by molar-refractivity contribution is 0.283. The molecule has 0 radical (unpaired) electrons. The summed E-state index contributed by atoms with van der Waals surface area (Å²) in [6.45, 7) is 4.34.